The van der Waals surface area contributed by atoms with Gasteiger partial charge in [-0.1, -0.05) is 17.7 Å². The highest BCUT2D eigenvalue weighted by Crippen LogP contribution is 2.27. The lowest BCUT2D eigenvalue weighted by atomic mass is 10.1. The Balaban J connectivity index is 1.64. The van der Waals surface area contributed by atoms with Crippen LogP contribution in [0.1, 0.15) is 10.4 Å². The van der Waals surface area contributed by atoms with Gasteiger partial charge in [0.2, 0.25) is 5.88 Å². The third-order valence-electron chi connectivity index (χ3n) is 3.31. The van der Waals surface area contributed by atoms with Crippen molar-refractivity contribution in [3.63, 3.8) is 0 Å². The lowest BCUT2D eigenvalue weighted by Gasteiger charge is -2.38. The number of carbonyl (C=O) groups excluding carboxylic acids is 1. The molecular formula is C15H11BrClFN2O2. The molecule has 1 fully saturated rings. The van der Waals surface area contributed by atoms with Crippen LogP contribution >= 0.6 is 27.5 Å². The minimum absolute atomic E-state index is 0.0957. The summed E-state index contributed by atoms with van der Waals surface area (Å²) in [5.74, 6) is -0.569. The molecule has 0 bridgehead atoms. The van der Waals surface area contributed by atoms with Crippen molar-refractivity contribution in [3.05, 3.63) is 57.4 Å². The third kappa shape index (κ3) is 2.94. The number of hydrogen-bond acceptors (Lipinski definition) is 3. The molecule has 0 N–H and O–H groups in total. The van der Waals surface area contributed by atoms with E-state index in [1.165, 1.54) is 23.1 Å². The second-order valence-corrected chi connectivity index (χ2v) is 6.10. The quantitative estimate of drug-likeness (QED) is 0.811. The molecule has 7 heteroatoms. The van der Waals surface area contributed by atoms with Gasteiger partial charge >= 0.3 is 0 Å². The van der Waals surface area contributed by atoms with Gasteiger partial charge in [0.15, 0.2) is 0 Å². The van der Waals surface area contributed by atoms with Crippen LogP contribution < -0.4 is 4.74 Å². The zero-order valence-corrected chi connectivity index (χ0v) is 13.6. The molecule has 22 heavy (non-hydrogen) atoms. The van der Waals surface area contributed by atoms with Gasteiger partial charge in [0.1, 0.15) is 11.9 Å². The average molecular weight is 386 g/mol. The van der Waals surface area contributed by atoms with Crippen LogP contribution in [0.3, 0.4) is 0 Å². The standard InChI is InChI=1S/C15H11BrClFN2O2/c16-10-3-2-6-19-14(10)22-9-7-20(8-9)15(21)13-11(17)4-1-5-12(13)18/h1-6,9H,7-8H2. The molecule has 0 unspecified atom stereocenters. The number of rotatable bonds is 3. The fraction of sp³-hybridized carbons (Fsp3) is 0.200. The highest BCUT2D eigenvalue weighted by molar-refractivity contribution is 9.10. The topological polar surface area (TPSA) is 42.4 Å². The van der Waals surface area contributed by atoms with E-state index < -0.39 is 11.7 Å². The molecule has 1 aliphatic heterocycles. The van der Waals surface area contributed by atoms with Gasteiger partial charge in [-0.3, -0.25) is 4.79 Å². The van der Waals surface area contributed by atoms with Gasteiger partial charge in [-0.05, 0) is 40.2 Å². The van der Waals surface area contributed by atoms with Crippen molar-refractivity contribution in [2.75, 3.05) is 13.1 Å². The number of amides is 1. The van der Waals surface area contributed by atoms with Crippen molar-refractivity contribution in [2.24, 2.45) is 0 Å². The first-order chi connectivity index (χ1) is 10.6. The maximum atomic E-state index is 13.7. The number of ether oxygens (including phenoxy) is 1. The Hall–Kier alpha value is -1.66. The lowest BCUT2D eigenvalue weighted by Crippen LogP contribution is -2.56. The Morgan fingerprint density at radius 3 is 2.82 bits per heavy atom. The van der Waals surface area contributed by atoms with E-state index in [1.54, 1.807) is 12.3 Å². The second-order valence-electron chi connectivity index (χ2n) is 4.84. The van der Waals surface area contributed by atoms with Crippen LogP contribution in [-0.2, 0) is 0 Å². The molecule has 2 heterocycles. The SMILES string of the molecule is O=C(c1c(F)cccc1Cl)N1CC(Oc2ncccc2Br)C1. The van der Waals surface area contributed by atoms with Gasteiger partial charge in [-0.15, -0.1) is 0 Å². The van der Waals surface area contributed by atoms with Crippen molar-refractivity contribution in [3.8, 4) is 5.88 Å². The van der Waals surface area contributed by atoms with Gasteiger partial charge in [0.05, 0.1) is 28.1 Å². The molecule has 2 aromatic rings. The van der Waals surface area contributed by atoms with Crippen molar-refractivity contribution in [1.82, 2.24) is 9.88 Å². The molecule has 1 aromatic heterocycles. The predicted molar refractivity (Wildman–Crippen MR) is 83.7 cm³/mol. The first kappa shape index (κ1) is 15.2. The van der Waals surface area contributed by atoms with Crippen molar-refractivity contribution < 1.29 is 13.9 Å². The van der Waals surface area contributed by atoms with E-state index in [0.29, 0.717) is 19.0 Å². The molecule has 1 saturated heterocycles. The number of pyridine rings is 1. The minimum atomic E-state index is -0.616. The largest absolute Gasteiger partial charge is 0.470 e. The Kier molecular flexibility index (Phi) is 4.31. The first-order valence-electron chi connectivity index (χ1n) is 6.56. The molecular weight excluding hydrogens is 375 g/mol. The monoisotopic (exact) mass is 384 g/mol. The van der Waals surface area contributed by atoms with E-state index in [-0.39, 0.29) is 16.7 Å². The van der Waals surface area contributed by atoms with Crippen molar-refractivity contribution in [2.45, 2.75) is 6.10 Å². The van der Waals surface area contributed by atoms with Crippen LogP contribution in [0.15, 0.2) is 41.0 Å². The number of hydrogen-bond donors (Lipinski definition) is 0. The highest BCUT2D eigenvalue weighted by atomic mass is 79.9. The zero-order chi connectivity index (χ0) is 15.7. The van der Waals surface area contributed by atoms with Gasteiger partial charge in [0, 0.05) is 6.20 Å². The van der Waals surface area contributed by atoms with Crippen LogP contribution in [0.25, 0.3) is 0 Å². The van der Waals surface area contributed by atoms with Crippen molar-refractivity contribution >= 4 is 33.4 Å². The van der Waals surface area contributed by atoms with Crippen LogP contribution in [0.5, 0.6) is 5.88 Å². The lowest BCUT2D eigenvalue weighted by molar-refractivity contribution is 0.0153. The molecule has 1 aliphatic rings. The number of benzene rings is 1. The molecule has 114 valence electrons. The average Bonchev–Trinajstić information content (AvgIpc) is 2.43. The molecule has 0 radical (unpaired) electrons. The van der Waals surface area contributed by atoms with E-state index >= 15 is 0 Å². The molecule has 4 nitrogen and oxygen atoms in total. The summed E-state index contributed by atoms with van der Waals surface area (Å²) in [6.07, 6.45) is 1.46. The summed E-state index contributed by atoms with van der Waals surface area (Å²) in [4.78, 5) is 17.8. The summed E-state index contributed by atoms with van der Waals surface area (Å²) in [5.41, 5.74) is -0.0957. The van der Waals surface area contributed by atoms with Crippen LogP contribution in [0, 0.1) is 5.82 Å². The zero-order valence-electron chi connectivity index (χ0n) is 11.3. The van der Waals surface area contributed by atoms with Gasteiger partial charge in [-0.2, -0.15) is 0 Å². The Labute approximate surface area is 140 Å². The van der Waals surface area contributed by atoms with E-state index in [2.05, 4.69) is 20.9 Å². The Bertz CT molecular complexity index is 702. The first-order valence-corrected chi connectivity index (χ1v) is 7.74. The molecule has 0 atom stereocenters. The molecule has 0 spiro atoms. The summed E-state index contributed by atoms with van der Waals surface area (Å²) in [6, 6.07) is 7.79. The number of nitrogens with zero attached hydrogens (tertiary/aromatic N) is 2. The van der Waals surface area contributed by atoms with Crippen LogP contribution in [0.2, 0.25) is 5.02 Å². The predicted octanol–water partition coefficient (Wildman–Crippen LogP) is 3.54. The summed E-state index contributed by atoms with van der Waals surface area (Å²) in [7, 11) is 0. The molecule has 1 amide bonds. The Morgan fingerprint density at radius 1 is 1.36 bits per heavy atom. The van der Waals surface area contributed by atoms with Gasteiger partial charge < -0.3 is 9.64 Å². The molecule has 3 rings (SSSR count). The van der Waals surface area contributed by atoms with Crippen molar-refractivity contribution in [1.29, 1.82) is 0 Å². The highest BCUT2D eigenvalue weighted by Gasteiger charge is 2.35. The van der Waals surface area contributed by atoms with E-state index in [4.69, 9.17) is 16.3 Å². The third-order valence-corrected chi connectivity index (χ3v) is 4.23. The second kappa shape index (κ2) is 6.22. The van der Waals surface area contributed by atoms with Gasteiger partial charge in [-0.25, -0.2) is 9.37 Å². The fourth-order valence-corrected chi connectivity index (χ4v) is 2.75. The number of likely N-dealkylation sites (tertiary alicyclic amines) is 1. The summed E-state index contributed by atoms with van der Waals surface area (Å²) in [6.45, 7) is 0.735. The molecule has 1 aromatic carbocycles. The number of aromatic nitrogens is 1. The molecule has 0 aliphatic carbocycles. The summed E-state index contributed by atoms with van der Waals surface area (Å²) in [5, 5.41) is 0.113. The van der Waals surface area contributed by atoms with Crippen LogP contribution in [0.4, 0.5) is 4.39 Å². The summed E-state index contributed by atoms with van der Waals surface area (Å²) >= 11 is 9.24. The van der Waals surface area contributed by atoms with Gasteiger partial charge in [0.25, 0.3) is 5.91 Å². The number of halogens is 3. The summed E-state index contributed by atoms with van der Waals surface area (Å²) < 4.78 is 20.2. The minimum Gasteiger partial charge on any atom is -0.470 e. The van der Waals surface area contributed by atoms with E-state index in [9.17, 15) is 9.18 Å². The maximum Gasteiger partial charge on any atom is 0.258 e. The smallest absolute Gasteiger partial charge is 0.258 e. The molecule has 0 saturated carbocycles. The Morgan fingerprint density at radius 2 is 2.14 bits per heavy atom. The van der Waals surface area contributed by atoms with Crippen LogP contribution in [-0.4, -0.2) is 35.0 Å². The van der Waals surface area contributed by atoms with E-state index in [0.717, 1.165) is 4.47 Å². The van der Waals surface area contributed by atoms with E-state index in [1.807, 2.05) is 6.07 Å². The maximum absolute atomic E-state index is 13.7. The number of carbonyl (C=O) groups is 1. The fourth-order valence-electron chi connectivity index (χ4n) is 2.15. The normalized spacial score (nSPS) is 14.6.